The Balaban J connectivity index is 2.13. The predicted molar refractivity (Wildman–Crippen MR) is 71.1 cm³/mol. The number of rotatable bonds is 3. The van der Waals surface area contributed by atoms with E-state index in [4.69, 9.17) is 10.5 Å². The van der Waals surface area contributed by atoms with Crippen LogP contribution in [0.5, 0.6) is 5.75 Å². The molecule has 0 aliphatic rings. The van der Waals surface area contributed by atoms with Gasteiger partial charge in [-0.1, -0.05) is 36.4 Å². The summed E-state index contributed by atoms with van der Waals surface area (Å²) in [6.07, 6.45) is 0.0262. The molecule has 2 aromatic rings. The largest absolute Gasteiger partial charge is 0.486 e. The van der Waals surface area contributed by atoms with Crippen LogP contribution in [0.1, 0.15) is 24.2 Å². The van der Waals surface area contributed by atoms with E-state index in [1.807, 2.05) is 50.2 Å². The maximum atomic E-state index is 5.86. The zero-order chi connectivity index (χ0) is 12.3. The molecule has 0 fully saturated rings. The molecule has 0 aliphatic heterocycles. The molecule has 0 bridgehead atoms. The Labute approximate surface area is 102 Å². The second kappa shape index (κ2) is 4.91. The van der Waals surface area contributed by atoms with Crippen LogP contribution in [0.25, 0.3) is 0 Å². The van der Waals surface area contributed by atoms with Gasteiger partial charge >= 0.3 is 0 Å². The first-order valence-corrected chi connectivity index (χ1v) is 5.74. The number of nitrogen functional groups attached to an aromatic ring is 1. The molecular weight excluding hydrogens is 210 g/mol. The van der Waals surface area contributed by atoms with Crippen molar-refractivity contribution in [2.75, 3.05) is 5.73 Å². The van der Waals surface area contributed by atoms with E-state index in [0.717, 1.165) is 22.6 Å². The van der Waals surface area contributed by atoms with E-state index < -0.39 is 0 Å². The molecule has 17 heavy (non-hydrogen) atoms. The van der Waals surface area contributed by atoms with Crippen LogP contribution in [0, 0.1) is 6.92 Å². The Kier molecular flexibility index (Phi) is 3.33. The summed E-state index contributed by atoms with van der Waals surface area (Å²) >= 11 is 0. The van der Waals surface area contributed by atoms with Crippen LogP contribution < -0.4 is 10.5 Å². The number of aryl methyl sites for hydroxylation is 1. The van der Waals surface area contributed by atoms with Crippen LogP contribution in [0.15, 0.2) is 48.5 Å². The summed E-state index contributed by atoms with van der Waals surface area (Å²) in [5.41, 5.74) is 8.85. The molecule has 1 unspecified atom stereocenters. The van der Waals surface area contributed by atoms with E-state index >= 15 is 0 Å². The topological polar surface area (TPSA) is 35.2 Å². The van der Waals surface area contributed by atoms with Gasteiger partial charge < -0.3 is 10.5 Å². The molecule has 88 valence electrons. The number of ether oxygens (including phenoxy) is 1. The van der Waals surface area contributed by atoms with Gasteiger partial charge in [-0.3, -0.25) is 0 Å². The van der Waals surface area contributed by atoms with Gasteiger partial charge in [0.1, 0.15) is 11.9 Å². The van der Waals surface area contributed by atoms with E-state index in [0.29, 0.717) is 0 Å². The summed E-state index contributed by atoms with van der Waals surface area (Å²) in [5.74, 6) is 0.810. The smallest absolute Gasteiger partial charge is 0.122 e. The minimum atomic E-state index is 0.0262. The minimum absolute atomic E-state index is 0.0262. The lowest BCUT2D eigenvalue weighted by Crippen LogP contribution is -2.03. The normalized spacial score (nSPS) is 12.1. The number of benzene rings is 2. The molecule has 2 N–H and O–H groups in total. The number of nitrogens with two attached hydrogens (primary N) is 1. The summed E-state index contributed by atoms with van der Waals surface area (Å²) < 4.78 is 5.86. The lowest BCUT2D eigenvalue weighted by molar-refractivity contribution is 0.227. The fourth-order valence-corrected chi connectivity index (χ4v) is 1.69. The molecule has 0 aromatic heterocycles. The molecule has 2 heteroatoms. The molecule has 1 atom stereocenters. The maximum Gasteiger partial charge on any atom is 0.122 e. The standard InChI is InChI=1S/C15H17NO/c1-11-8-9-14(10-15(11)16)17-12(2)13-6-4-3-5-7-13/h3-10,12H,16H2,1-2H3. The van der Waals surface area contributed by atoms with Crippen molar-refractivity contribution in [2.24, 2.45) is 0 Å². The fraction of sp³-hybridized carbons (Fsp3) is 0.200. The van der Waals surface area contributed by atoms with E-state index in [1.54, 1.807) is 0 Å². The van der Waals surface area contributed by atoms with Crippen molar-refractivity contribution >= 4 is 5.69 Å². The lowest BCUT2D eigenvalue weighted by Gasteiger charge is -2.15. The van der Waals surface area contributed by atoms with Crippen molar-refractivity contribution in [3.8, 4) is 5.75 Å². The summed E-state index contributed by atoms with van der Waals surface area (Å²) in [5, 5.41) is 0. The molecule has 0 heterocycles. The van der Waals surface area contributed by atoms with Gasteiger partial charge in [0, 0.05) is 11.8 Å². The van der Waals surface area contributed by atoms with Gasteiger partial charge in [-0.05, 0) is 31.0 Å². The molecule has 2 rings (SSSR count). The van der Waals surface area contributed by atoms with Crippen LogP contribution in [0.2, 0.25) is 0 Å². The molecule has 2 nitrogen and oxygen atoms in total. The van der Waals surface area contributed by atoms with Crippen molar-refractivity contribution in [1.82, 2.24) is 0 Å². The third-order valence-corrected chi connectivity index (χ3v) is 2.83. The van der Waals surface area contributed by atoms with Crippen molar-refractivity contribution < 1.29 is 4.74 Å². The summed E-state index contributed by atoms with van der Waals surface area (Å²) in [7, 11) is 0. The van der Waals surface area contributed by atoms with Gasteiger partial charge in [0.15, 0.2) is 0 Å². The molecule has 0 amide bonds. The first-order chi connectivity index (χ1) is 8.16. The fourth-order valence-electron chi connectivity index (χ4n) is 1.69. The van der Waals surface area contributed by atoms with Gasteiger partial charge in [0.05, 0.1) is 0 Å². The third-order valence-electron chi connectivity index (χ3n) is 2.83. The second-order valence-electron chi connectivity index (χ2n) is 4.19. The van der Waals surface area contributed by atoms with Gasteiger partial charge in [-0.25, -0.2) is 0 Å². The summed E-state index contributed by atoms with van der Waals surface area (Å²) in [6, 6.07) is 15.9. The highest BCUT2D eigenvalue weighted by Gasteiger charge is 2.07. The average Bonchev–Trinajstić information content (AvgIpc) is 2.35. The zero-order valence-corrected chi connectivity index (χ0v) is 10.2. The first-order valence-electron chi connectivity index (χ1n) is 5.74. The summed E-state index contributed by atoms with van der Waals surface area (Å²) in [4.78, 5) is 0. The van der Waals surface area contributed by atoms with Crippen LogP contribution in [-0.2, 0) is 0 Å². The Morgan fingerprint density at radius 2 is 1.76 bits per heavy atom. The number of anilines is 1. The highest BCUT2D eigenvalue weighted by molar-refractivity contribution is 5.50. The van der Waals surface area contributed by atoms with Crippen LogP contribution >= 0.6 is 0 Å². The van der Waals surface area contributed by atoms with Gasteiger partial charge in [0.2, 0.25) is 0 Å². The zero-order valence-electron chi connectivity index (χ0n) is 10.2. The van der Waals surface area contributed by atoms with Crippen molar-refractivity contribution in [1.29, 1.82) is 0 Å². The minimum Gasteiger partial charge on any atom is -0.486 e. The summed E-state index contributed by atoms with van der Waals surface area (Å²) in [6.45, 7) is 4.02. The Morgan fingerprint density at radius 1 is 1.06 bits per heavy atom. The van der Waals surface area contributed by atoms with Crippen molar-refractivity contribution in [2.45, 2.75) is 20.0 Å². The Morgan fingerprint density at radius 3 is 2.41 bits per heavy atom. The molecule has 0 spiro atoms. The van der Waals surface area contributed by atoms with E-state index in [-0.39, 0.29) is 6.10 Å². The Bertz CT molecular complexity index is 494. The van der Waals surface area contributed by atoms with E-state index in [2.05, 4.69) is 12.1 Å². The third kappa shape index (κ3) is 2.78. The maximum absolute atomic E-state index is 5.86. The highest BCUT2D eigenvalue weighted by Crippen LogP contribution is 2.24. The van der Waals surface area contributed by atoms with E-state index in [1.165, 1.54) is 0 Å². The predicted octanol–water partition coefficient (Wildman–Crippen LogP) is 3.72. The molecule has 0 aliphatic carbocycles. The van der Waals surface area contributed by atoms with Crippen LogP contribution in [0.3, 0.4) is 0 Å². The molecule has 0 radical (unpaired) electrons. The van der Waals surface area contributed by atoms with Crippen molar-refractivity contribution in [3.63, 3.8) is 0 Å². The second-order valence-corrected chi connectivity index (χ2v) is 4.19. The van der Waals surface area contributed by atoms with Gasteiger partial charge in [-0.15, -0.1) is 0 Å². The quantitative estimate of drug-likeness (QED) is 0.811. The molecular formula is C15H17NO. The monoisotopic (exact) mass is 227 g/mol. The number of hydrogen-bond donors (Lipinski definition) is 1. The average molecular weight is 227 g/mol. The van der Waals surface area contributed by atoms with E-state index in [9.17, 15) is 0 Å². The number of hydrogen-bond acceptors (Lipinski definition) is 2. The van der Waals surface area contributed by atoms with Crippen LogP contribution in [-0.4, -0.2) is 0 Å². The highest BCUT2D eigenvalue weighted by atomic mass is 16.5. The molecule has 0 saturated carbocycles. The lowest BCUT2D eigenvalue weighted by atomic mass is 10.1. The Hall–Kier alpha value is -1.96. The first kappa shape index (κ1) is 11.5. The molecule has 0 saturated heterocycles. The SMILES string of the molecule is Cc1ccc(OC(C)c2ccccc2)cc1N. The molecule has 2 aromatic carbocycles. The van der Waals surface area contributed by atoms with Gasteiger partial charge in [0.25, 0.3) is 0 Å². The van der Waals surface area contributed by atoms with Crippen molar-refractivity contribution in [3.05, 3.63) is 59.7 Å². The van der Waals surface area contributed by atoms with Crippen LogP contribution in [0.4, 0.5) is 5.69 Å². The van der Waals surface area contributed by atoms with Gasteiger partial charge in [-0.2, -0.15) is 0 Å².